The first-order valence-electron chi connectivity index (χ1n) is 5.72. The number of hydrogen-bond acceptors (Lipinski definition) is 4. The van der Waals surface area contributed by atoms with Crippen molar-refractivity contribution in [1.29, 1.82) is 0 Å². The number of aryl methyl sites for hydroxylation is 2. The molecule has 2 rings (SSSR count). The summed E-state index contributed by atoms with van der Waals surface area (Å²) in [6, 6.07) is 1.82. The Bertz CT molecular complexity index is 675. The number of hydrogen-bond donors (Lipinski definition) is 1. The first-order chi connectivity index (χ1) is 9.40. The van der Waals surface area contributed by atoms with Crippen LogP contribution in [-0.2, 0) is 0 Å². The van der Waals surface area contributed by atoms with Gasteiger partial charge in [-0.2, -0.15) is 0 Å². The van der Waals surface area contributed by atoms with Gasteiger partial charge in [-0.15, -0.1) is 0 Å². The molecule has 0 saturated heterocycles. The fourth-order valence-corrected chi connectivity index (χ4v) is 1.79. The molecule has 2 aromatic rings. The molecule has 0 unspecified atom stereocenters. The highest BCUT2D eigenvalue weighted by atomic mass is 19.3. The molecule has 0 atom stereocenters. The van der Waals surface area contributed by atoms with E-state index in [1.165, 1.54) is 0 Å². The van der Waals surface area contributed by atoms with Crippen molar-refractivity contribution in [1.82, 2.24) is 15.0 Å². The van der Waals surface area contributed by atoms with Gasteiger partial charge in [0, 0.05) is 12.4 Å². The van der Waals surface area contributed by atoms with E-state index in [2.05, 4.69) is 15.0 Å². The van der Waals surface area contributed by atoms with Crippen LogP contribution >= 0.6 is 0 Å². The fourth-order valence-electron chi connectivity index (χ4n) is 1.79. The van der Waals surface area contributed by atoms with Crippen molar-refractivity contribution in [3.63, 3.8) is 0 Å². The minimum absolute atomic E-state index is 0.0113. The van der Waals surface area contributed by atoms with Crippen LogP contribution in [0.5, 0.6) is 0 Å². The summed E-state index contributed by atoms with van der Waals surface area (Å²) in [6.45, 7) is 3.61. The SMILES string of the molecule is Cc1cnc(-c2ncc(C(=O)O)c(C(F)F)n2)c(C)c1. The highest BCUT2D eigenvalue weighted by Gasteiger charge is 2.22. The Hall–Kier alpha value is -2.44. The summed E-state index contributed by atoms with van der Waals surface area (Å²) in [4.78, 5) is 22.4. The Labute approximate surface area is 113 Å². The van der Waals surface area contributed by atoms with Gasteiger partial charge in [0.1, 0.15) is 17.0 Å². The molecule has 0 aliphatic carbocycles. The number of aromatic carboxylic acids is 1. The number of halogens is 2. The lowest BCUT2D eigenvalue weighted by molar-refractivity contribution is 0.0681. The maximum absolute atomic E-state index is 12.9. The topological polar surface area (TPSA) is 76.0 Å². The monoisotopic (exact) mass is 279 g/mol. The van der Waals surface area contributed by atoms with Crippen molar-refractivity contribution in [2.24, 2.45) is 0 Å². The van der Waals surface area contributed by atoms with Crippen LogP contribution in [0.4, 0.5) is 8.78 Å². The van der Waals surface area contributed by atoms with E-state index in [9.17, 15) is 13.6 Å². The van der Waals surface area contributed by atoms with E-state index in [1.54, 1.807) is 13.1 Å². The van der Waals surface area contributed by atoms with Gasteiger partial charge in [0.2, 0.25) is 0 Å². The van der Waals surface area contributed by atoms with Crippen molar-refractivity contribution < 1.29 is 18.7 Å². The Morgan fingerprint density at radius 3 is 2.50 bits per heavy atom. The number of carboxylic acid groups (broad SMARTS) is 1. The van der Waals surface area contributed by atoms with Gasteiger partial charge in [-0.1, -0.05) is 6.07 Å². The highest BCUT2D eigenvalue weighted by Crippen LogP contribution is 2.24. The molecular weight excluding hydrogens is 268 g/mol. The van der Waals surface area contributed by atoms with Crippen LogP contribution in [0.1, 0.15) is 33.6 Å². The zero-order valence-corrected chi connectivity index (χ0v) is 10.8. The van der Waals surface area contributed by atoms with Crippen molar-refractivity contribution >= 4 is 5.97 Å². The average Bonchev–Trinajstić information content (AvgIpc) is 2.37. The van der Waals surface area contributed by atoms with Gasteiger partial charge in [-0.3, -0.25) is 4.98 Å². The molecule has 0 aromatic carbocycles. The highest BCUT2D eigenvalue weighted by molar-refractivity contribution is 5.88. The molecule has 0 spiro atoms. The molecule has 0 aliphatic rings. The van der Waals surface area contributed by atoms with Gasteiger partial charge in [0.05, 0.1) is 0 Å². The molecular formula is C13H11F2N3O2. The molecule has 1 N–H and O–H groups in total. The Kier molecular flexibility index (Phi) is 3.69. The molecule has 20 heavy (non-hydrogen) atoms. The quantitative estimate of drug-likeness (QED) is 0.934. The average molecular weight is 279 g/mol. The zero-order chi connectivity index (χ0) is 14.9. The number of pyridine rings is 1. The summed E-state index contributed by atoms with van der Waals surface area (Å²) >= 11 is 0. The first-order valence-corrected chi connectivity index (χ1v) is 5.72. The van der Waals surface area contributed by atoms with Crippen LogP contribution in [-0.4, -0.2) is 26.0 Å². The second-order valence-electron chi connectivity index (χ2n) is 4.28. The molecule has 0 radical (unpaired) electrons. The smallest absolute Gasteiger partial charge is 0.339 e. The minimum Gasteiger partial charge on any atom is -0.478 e. The Morgan fingerprint density at radius 1 is 1.25 bits per heavy atom. The second-order valence-corrected chi connectivity index (χ2v) is 4.28. The van der Waals surface area contributed by atoms with E-state index in [0.717, 1.165) is 17.3 Å². The van der Waals surface area contributed by atoms with E-state index in [4.69, 9.17) is 5.11 Å². The third kappa shape index (κ3) is 2.61. The Balaban J connectivity index is 2.59. The molecule has 104 valence electrons. The van der Waals surface area contributed by atoms with Gasteiger partial charge in [-0.25, -0.2) is 23.5 Å². The third-order valence-electron chi connectivity index (χ3n) is 2.68. The normalized spacial score (nSPS) is 10.8. The predicted octanol–water partition coefficient (Wildman–Crippen LogP) is 2.79. The van der Waals surface area contributed by atoms with E-state index in [0.29, 0.717) is 5.69 Å². The number of rotatable bonds is 3. The van der Waals surface area contributed by atoms with Gasteiger partial charge >= 0.3 is 5.97 Å². The number of carbonyl (C=O) groups is 1. The molecule has 0 fully saturated rings. The number of alkyl halides is 2. The largest absolute Gasteiger partial charge is 0.478 e. The summed E-state index contributed by atoms with van der Waals surface area (Å²) in [5.41, 5.74) is 0.600. The molecule has 0 amide bonds. The molecule has 7 heteroatoms. The summed E-state index contributed by atoms with van der Waals surface area (Å²) in [5, 5.41) is 8.84. The third-order valence-corrected chi connectivity index (χ3v) is 2.68. The van der Waals surface area contributed by atoms with Crippen LogP contribution in [0, 0.1) is 13.8 Å². The predicted molar refractivity (Wildman–Crippen MR) is 66.7 cm³/mol. The summed E-state index contributed by atoms with van der Waals surface area (Å²) in [5.74, 6) is -1.50. The maximum Gasteiger partial charge on any atom is 0.339 e. The summed E-state index contributed by atoms with van der Waals surface area (Å²) in [7, 11) is 0. The van der Waals surface area contributed by atoms with Crippen molar-refractivity contribution in [2.45, 2.75) is 20.3 Å². The van der Waals surface area contributed by atoms with Crippen molar-refractivity contribution in [3.8, 4) is 11.5 Å². The first kappa shape index (κ1) is 14.0. The van der Waals surface area contributed by atoms with Gasteiger partial charge in [0.15, 0.2) is 5.82 Å². The second kappa shape index (κ2) is 5.28. The number of carboxylic acids is 1. The molecule has 0 saturated carbocycles. The minimum atomic E-state index is -2.99. The number of nitrogens with zero attached hydrogens (tertiary/aromatic N) is 3. The van der Waals surface area contributed by atoms with Crippen LogP contribution < -0.4 is 0 Å². The standard InChI is InChI=1S/C13H11F2N3O2/c1-6-3-7(2)9(16-4-6)12-17-5-8(13(19)20)10(18-12)11(14)15/h3-5,11H,1-2H3,(H,19,20). The van der Waals surface area contributed by atoms with Gasteiger partial charge < -0.3 is 5.11 Å². The van der Waals surface area contributed by atoms with Crippen molar-refractivity contribution in [2.75, 3.05) is 0 Å². The van der Waals surface area contributed by atoms with E-state index in [1.807, 2.05) is 13.0 Å². The van der Waals surface area contributed by atoms with Gasteiger partial charge in [0.25, 0.3) is 6.43 Å². The maximum atomic E-state index is 12.9. The summed E-state index contributed by atoms with van der Waals surface area (Å²) < 4.78 is 25.7. The number of aromatic nitrogens is 3. The lowest BCUT2D eigenvalue weighted by atomic mass is 10.1. The van der Waals surface area contributed by atoms with E-state index < -0.39 is 23.7 Å². The van der Waals surface area contributed by atoms with Crippen LogP contribution in [0.2, 0.25) is 0 Å². The van der Waals surface area contributed by atoms with Crippen LogP contribution in [0.25, 0.3) is 11.5 Å². The van der Waals surface area contributed by atoms with Crippen molar-refractivity contribution in [3.05, 3.63) is 40.8 Å². The zero-order valence-electron chi connectivity index (χ0n) is 10.8. The van der Waals surface area contributed by atoms with Crippen LogP contribution in [0.15, 0.2) is 18.5 Å². The molecule has 5 nitrogen and oxygen atoms in total. The van der Waals surface area contributed by atoms with E-state index in [-0.39, 0.29) is 5.82 Å². The fraction of sp³-hybridized carbons (Fsp3) is 0.231. The molecule has 0 bridgehead atoms. The van der Waals surface area contributed by atoms with Gasteiger partial charge in [-0.05, 0) is 25.0 Å². The lowest BCUT2D eigenvalue weighted by Crippen LogP contribution is -2.08. The van der Waals surface area contributed by atoms with Crippen LogP contribution in [0.3, 0.4) is 0 Å². The molecule has 2 heterocycles. The molecule has 2 aromatic heterocycles. The van der Waals surface area contributed by atoms with E-state index >= 15 is 0 Å². The Morgan fingerprint density at radius 2 is 1.95 bits per heavy atom. The molecule has 0 aliphatic heterocycles. The summed E-state index contributed by atoms with van der Waals surface area (Å²) in [6.07, 6.45) is -0.542. The lowest BCUT2D eigenvalue weighted by Gasteiger charge is -2.08.